The fourth-order valence-electron chi connectivity index (χ4n) is 2.12. The molecule has 0 fully saturated rings. The van der Waals surface area contributed by atoms with Crippen molar-refractivity contribution in [3.8, 4) is 10.7 Å². The molecule has 0 atom stereocenters. The van der Waals surface area contributed by atoms with Crippen molar-refractivity contribution < 1.29 is 0 Å². The van der Waals surface area contributed by atoms with Crippen LogP contribution in [0.2, 0.25) is 0 Å². The molecular weight excluding hydrogens is 318 g/mol. The van der Waals surface area contributed by atoms with Crippen molar-refractivity contribution in [2.75, 3.05) is 0 Å². The van der Waals surface area contributed by atoms with Crippen molar-refractivity contribution in [2.45, 2.75) is 31.3 Å². The SMILES string of the molecule is CCn1c(SCc2cc(=O)[nH]c(C)n2)nnc1-c1cccs1. The summed E-state index contributed by atoms with van der Waals surface area (Å²) in [5, 5.41) is 11.4. The van der Waals surface area contributed by atoms with E-state index in [4.69, 9.17) is 0 Å². The molecule has 0 bridgehead atoms. The van der Waals surface area contributed by atoms with E-state index in [1.54, 1.807) is 18.3 Å². The van der Waals surface area contributed by atoms with E-state index < -0.39 is 0 Å². The Bertz CT molecular complexity index is 822. The first kappa shape index (κ1) is 15.0. The average Bonchev–Trinajstić information content (AvgIpc) is 3.12. The maximum absolute atomic E-state index is 11.5. The Morgan fingerprint density at radius 1 is 1.41 bits per heavy atom. The van der Waals surface area contributed by atoms with Gasteiger partial charge >= 0.3 is 0 Å². The monoisotopic (exact) mass is 333 g/mol. The van der Waals surface area contributed by atoms with Crippen LogP contribution in [0.15, 0.2) is 33.5 Å². The number of aromatic amines is 1. The molecule has 0 aliphatic carbocycles. The van der Waals surface area contributed by atoms with Crippen LogP contribution in [0.3, 0.4) is 0 Å². The Kier molecular flexibility index (Phi) is 4.39. The number of H-pyrrole nitrogens is 1. The van der Waals surface area contributed by atoms with Gasteiger partial charge in [-0.1, -0.05) is 17.8 Å². The molecule has 0 saturated carbocycles. The second kappa shape index (κ2) is 6.45. The van der Waals surface area contributed by atoms with Gasteiger partial charge in [-0.25, -0.2) is 4.98 Å². The third-order valence-electron chi connectivity index (χ3n) is 3.04. The quantitative estimate of drug-likeness (QED) is 0.727. The second-order valence-corrected chi connectivity index (χ2v) is 6.53. The van der Waals surface area contributed by atoms with Gasteiger partial charge in [0.25, 0.3) is 5.56 Å². The number of thiophene rings is 1. The van der Waals surface area contributed by atoms with E-state index in [1.807, 2.05) is 17.5 Å². The van der Waals surface area contributed by atoms with Crippen molar-refractivity contribution in [2.24, 2.45) is 0 Å². The summed E-state index contributed by atoms with van der Waals surface area (Å²) in [6.07, 6.45) is 0. The summed E-state index contributed by atoms with van der Waals surface area (Å²) in [6, 6.07) is 5.56. The third-order valence-corrected chi connectivity index (χ3v) is 4.90. The predicted molar refractivity (Wildman–Crippen MR) is 88.2 cm³/mol. The van der Waals surface area contributed by atoms with Gasteiger partial charge < -0.3 is 9.55 Å². The number of hydrogen-bond donors (Lipinski definition) is 1. The maximum Gasteiger partial charge on any atom is 0.251 e. The smallest absolute Gasteiger partial charge is 0.251 e. The lowest BCUT2D eigenvalue weighted by Gasteiger charge is -2.06. The Balaban J connectivity index is 1.82. The molecule has 0 spiro atoms. The lowest BCUT2D eigenvalue weighted by Crippen LogP contribution is -2.10. The van der Waals surface area contributed by atoms with Crippen molar-refractivity contribution >= 4 is 23.1 Å². The van der Waals surface area contributed by atoms with Crippen LogP contribution in [-0.2, 0) is 12.3 Å². The van der Waals surface area contributed by atoms with E-state index in [2.05, 4.69) is 31.7 Å². The molecule has 0 aromatic carbocycles. The first-order valence-electron chi connectivity index (χ1n) is 6.84. The van der Waals surface area contributed by atoms with E-state index in [1.165, 1.54) is 17.8 Å². The van der Waals surface area contributed by atoms with Gasteiger partial charge in [0, 0.05) is 18.4 Å². The van der Waals surface area contributed by atoms with Gasteiger partial charge in [0.05, 0.1) is 10.6 Å². The normalized spacial score (nSPS) is 11.0. The zero-order chi connectivity index (χ0) is 15.5. The summed E-state index contributed by atoms with van der Waals surface area (Å²) >= 11 is 3.19. The fourth-order valence-corrected chi connectivity index (χ4v) is 3.73. The van der Waals surface area contributed by atoms with Crippen LogP contribution >= 0.6 is 23.1 Å². The van der Waals surface area contributed by atoms with Crippen LogP contribution in [0, 0.1) is 6.92 Å². The van der Waals surface area contributed by atoms with E-state index >= 15 is 0 Å². The van der Waals surface area contributed by atoms with Crippen molar-refractivity contribution in [1.29, 1.82) is 0 Å². The fraction of sp³-hybridized carbons (Fsp3) is 0.286. The average molecular weight is 333 g/mol. The van der Waals surface area contributed by atoms with E-state index in [0.717, 1.165) is 28.1 Å². The molecule has 0 aliphatic rings. The number of hydrogen-bond acceptors (Lipinski definition) is 6. The minimum Gasteiger partial charge on any atom is -0.311 e. The van der Waals surface area contributed by atoms with Crippen LogP contribution in [0.25, 0.3) is 10.7 Å². The van der Waals surface area contributed by atoms with E-state index in [-0.39, 0.29) is 5.56 Å². The molecule has 0 radical (unpaired) electrons. The van der Waals surface area contributed by atoms with Crippen molar-refractivity contribution in [1.82, 2.24) is 24.7 Å². The summed E-state index contributed by atoms with van der Waals surface area (Å²) < 4.78 is 2.08. The molecule has 3 aromatic heterocycles. The highest BCUT2D eigenvalue weighted by atomic mass is 32.2. The van der Waals surface area contributed by atoms with Gasteiger partial charge in [0.1, 0.15) is 5.82 Å². The van der Waals surface area contributed by atoms with Gasteiger partial charge in [-0.15, -0.1) is 21.5 Å². The summed E-state index contributed by atoms with van der Waals surface area (Å²) in [7, 11) is 0. The number of nitrogens with zero attached hydrogens (tertiary/aromatic N) is 4. The van der Waals surface area contributed by atoms with Gasteiger partial charge in [0.2, 0.25) is 0 Å². The number of rotatable bonds is 5. The molecule has 0 aliphatic heterocycles. The standard InChI is InChI=1S/C14H15N5OS2/c1-3-19-13(11-5-4-6-21-11)17-18-14(19)22-8-10-7-12(20)16-9(2)15-10/h4-7H,3,8H2,1-2H3,(H,15,16,20). The highest BCUT2D eigenvalue weighted by Crippen LogP contribution is 2.28. The lowest BCUT2D eigenvalue weighted by atomic mass is 10.4. The number of aromatic nitrogens is 5. The second-order valence-electron chi connectivity index (χ2n) is 4.64. The van der Waals surface area contributed by atoms with Crippen LogP contribution in [-0.4, -0.2) is 24.7 Å². The van der Waals surface area contributed by atoms with Crippen molar-refractivity contribution in [3.63, 3.8) is 0 Å². The Labute approximate surface area is 135 Å². The largest absolute Gasteiger partial charge is 0.311 e. The molecule has 6 nitrogen and oxygen atoms in total. The van der Waals surface area contributed by atoms with Gasteiger partial charge in [-0.05, 0) is 25.3 Å². The first-order valence-corrected chi connectivity index (χ1v) is 8.70. The van der Waals surface area contributed by atoms with Crippen molar-refractivity contribution in [3.05, 3.63) is 45.5 Å². The summed E-state index contributed by atoms with van der Waals surface area (Å²) in [5.41, 5.74) is 0.619. The van der Waals surface area contributed by atoms with E-state index in [0.29, 0.717) is 11.6 Å². The summed E-state index contributed by atoms with van der Waals surface area (Å²) in [5.74, 6) is 2.10. The number of aryl methyl sites for hydroxylation is 1. The summed E-state index contributed by atoms with van der Waals surface area (Å²) in [6.45, 7) is 4.64. The van der Waals surface area contributed by atoms with Crippen LogP contribution in [0.5, 0.6) is 0 Å². The van der Waals surface area contributed by atoms with Crippen LogP contribution in [0.4, 0.5) is 0 Å². The molecule has 0 amide bonds. The zero-order valence-corrected chi connectivity index (χ0v) is 13.9. The number of nitrogens with one attached hydrogen (secondary N) is 1. The molecule has 114 valence electrons. The topological polar surface area (TPSA) is 76.5 Å². The highest BCUT2D eigenvalue weighted by molar-refractivity contribution is 7.98. The molecule has 22 heavy (non-hydrogen) atoms. The molecular formula is C14H15N5OS2. The molecule has 3 rings (SSSR count). The molecule has 1 N–H and O–H groups in total. The highest BCUT2D eigenvalue weighted by Gasteiger charge is 2.14. The van der Waals surface area contributed by atoms with Gasteiger partial charge in [-0.3, -0.25) is 4.79 Å². The van der Waals surface area contributed by atoms with Crippen LogP contribution in [0.1, 0.15) is 18.4 Å². The Hall–Kier alpha value is -1.93. The molecule has 3 heterocycles. The number of thioether (sulfide) groups is 1. The maximum atomic E-state index is 11.5. The van der Waals surface area contributed by atoms with E-state index in [9.17, 15) is 4.79 Å². The predicted octanol–water partition coefficient (Wildman–Crippen LogP) is 2.71. The minimum atomic E-state index is -0.126. The van der Waals surface area contributed by atoms with Gasteiger partial charge in [0.15, 0.2) is 11.0 Å². The third kappa shape index (κ3) is 3.12. The Morgan fingerprint density at radius 2 is 2.27 bits per heavy atom. The lowest BCUT2D eigenvalue weighted by molar-refractivity contribution is 0.688. The first-order chi connectivity index (χ1) is 10.7. The minimum absolute atomic E-state index is 0.126. The summed E-state index contributed by atoms with van der Waals surface area (Å²) in [4.78, 5) is 19.5. The Morgan fingerprint density at radius 3 is 2.95 bits per heavy atom. The molecule has 8 heteroatoms. The zero-order valence-electron chi connectivity index (χ0n) is 12.2. The van der Waals surface area contributed by atoms with Crippen LogP contribution < -0.4 is 5.56 Å². The molecule has 3 aromatic rings. The van der Waals surface area contributed by atoms with Gasteiger partial charge in [-0.2, -0.15) is 0 Å². The molecule has 0 saturated heterocycles. The molecule has 0 unspecified atom stereocenters.